The Labute approximate surface area is 128 Å². The lowest BCUT2D eigenvalue weighted by Crippen LogP contribution is -2.43. The Kier molecular flexibility index (Phi) is 6.22. The molecule has 0 N–H and O–H groups in total. The lowest BCUT2D eigenvalue weighted by atomic mass is 9.79. The molecule has 1 aliphatic heterocycles. The molecule has 120 valence electrons. The van der Waals surface area contributed by atoms with E-state index in [1.54, 1.807) is 6.92 Å². The van der Waals surface area contributed by atoms with E-state index in [9.17, 15) is 9.59 Å². The molecule has 1 heterocycles. The number of hydrogen-bond acceptors (Lipinski definition) is 3. The third-order valence-electron chi connectivity index (χ3n) is 4.78. The smallest absolute Gasteiger partial charge is 0.223 e. The zero-order valence-corrected chi connectivity index (χ0v) is 13.5. The molecule has 0 aromatic heterocycles. The maximum atomic E-state index is 12.6. The van der Waals surface area contributed by atoms with Gasteiger partial charge in [-0.1, -0.05) is 12.8 Å². The molecule has 1 saturated carbocycles. The van der Waals surface area contributed by atoms with Crippen LogP contribution >= 0.6 is 0 Å². The summed E-state index contributed by atoms with van der Waals surface area (Å²) in [6, 6.07) is 0.139. The Morgan fingerprint density at radius 3 is 2.57 bits per heavy atom. The molecule has 2 rings (SSSR count). The highest BCUT2D eigenvalue weighted by Crippen LogP contribution is 2.34. The van der Waals surface area contributed by atoms with E-state index in [0.29, 0.717) is 24.9 Å². The van der Waals surface area contributed by atoms with Gasteiger partial charge in [0.25, 0.3) is 0 Å². The van der Waals surface area contributed by atoms with Gasteiger partial charge < -0.3 is 9.64 Å². The van der Waals surface area contributed by atoms with Crippen molar-refractivity contribution in [1.82, 2.24) is 4.90 Å². The number of ether oxygens (including phenoxy) is 1. The van der Waals surface area contributed by atoms with Crippen molar-refractivity contribution in [3.8, 4) is 0 Å². The number of nitrogens with zero attached hydrogens (tertiary/aromatic N) is 1. The summed E-state index contributed by atoms with van der Waals surface area (Å²) in [5.41, 5.74) is 0. The SMILES string of the molecule is CCOC1CC(CC(=O)N2CCCCCC2CC(C)=O)C1. The van der Waals surface area contributed by atoms with Crippen LogP contribution in [0.1, 0.15) is 65.2 Å². The summed E-state index contributed by atoms with van der Waals surface area (Å²) >= 11 is 0. The van der Waals surface area contributed by atoms with Crippen LogP contribution in [-0.4, -0.2) is 41.9 Å². The van der Waals surface area contributed by atoms with E-state index >= 15 is 0 Å². The average molecular weight is 295 g/mol. The van der Waals surface area contributed by atoms with Crippen molar-refractivity contribution in [2.24, 2.45) is 5.92 Å². The first-order chi connectivity index (χ1) is 10.1. The van der Waals surface area contributed by atoms with Crippen LogP contribution in [0.25, 0.3) is 0 Å². The van der Waals surface area contributed by atoms with Crippen LogP contribution in [0.5, 0.6) is 0 Å². The van der Waals surface area contributed by atoms with Crippen molar-refractivity contribution in [1.29, 1.82) is 0 Å². The lowest BCUT2D eigenvalue weighted by molar-refractivity contribution is -0.137. The average Bonchev–Trinajstić information content (AvgIpc) is 2.61. The Balaban J connectivity index is 1.84. The Morgan fingerprint density at radius 1 is 1.14 bits per heavy atom. The van der Waals surface area contributed by atoms with Gasteiger partial charge in [0.05, 0.1) is 6.10 Å². The zero-order valence-electron chi connectivity index (χ0n) is 13.5. The molecule has 0 radical (unpaired) electrons. The van der Waals surface area contributed by atoms with Crippen molar-refractivity contribution in [3.63, 3.8) is 0 Å². The minimum Gasteiger partial charge on any atom is -0.378 e. The first-order valence-corrected chi connectivity index (χ1v) is 8.50. The van der Waals surface area contributed by atoms with Crippen LogP contribution in [0, 0.1) is 5.92 Å². The van der Waals surface area contributed by atoms with Crippen molar-refractivity contribution < 1.29 is 14.3 Å². The molecule has 1 unspecified atom stereocenters. The predicted octanol–water partition coefficient (Wildman–Crippen LogP) is 2.94. The highest BCUT2D eigenvalue weighted by atomic mass is 16.5. The van der Waals surface area contributed by atoms with Gasteiger partial charge in [0.15, 0.2) is 0 Å². The van der Waals surface area contributed by atoms with Gasteiger partial charge in [-0.2, -0.15) is 0 Å². The van der Waals surface area contributed by atoms with Crippen molar-refractivity contribution in [2.75, 3.05) is 13.2 Å². The molecule has 21 heavy (non-hydrogen) atoms. The van der Waals surface area contributed by atoms with E-state index in [4.69, 9.17) is 4.74 Å². The van der Waals surface area contributed by atoms with E-state index in [-0.39, 0.29) is 17.7 Å². The number of amides is 1. The van der Waals surface area contributed by atoms with E-state index in [0.717, 1.165) is 45.3 Å². The maximum absolute atomic E-state index is 12.6. The van der Waals surface area contributed by atoms with Crippen LogP contribution in [0.4, 0.5) is 0 Å². The summed E-state index contributed by atoms with van der Waals surface area (Å²) in [7, 11) is 0. The first-order valence-electron chi connectivity index (χ1n) is 8.50. The highest BCUT2D eigenvalue weighted by Gasteiger charge is 2.34. The predicted molar refractivity (Wildman–Crippen MR) is 82.0 cm³/mol. The van der Waals surface area contributed by atoms with Crippen LogP contribution in [0.2, 0.25) is 0 Å². The van der Waals surface area contributed by atoms with Crippen LogP contribution in [-0.2, 0) is 14.3 Å². The summed E-state index contributed by atoms with van der Waals surface area (Å²) < 4.78 is 5.56. The van der Waals surface area contributed by atoms with E-state index < -0.39 is 0 Å². The Bertz CT molecular complexity index is 363. The summed E-state index contributed by atoms with van der Waals surface area (Å²) in [6.07, 6.45) is 7.94. The van der Waals surface area contributed by atoms with Gasteiger partial charge in [-0.05, 0) is 45.4 Å². The van der Waals surface area contributed by atoms with E-state index in [2.05, 4.69) is 0 Å². The number of hydrogen-bond donors (Lipinski definition) is 0. The van der Waals surface area contributed by atoms with Gasteiger partial charge in [0.2, 0.25) is 5.91 Å². The van der Waals surface area contributed by atoms with Gasteiger partial charge in [-0.15, -0.1) is 0 Å². The van der Waals surface area contributed by atoms with Crippen LogP contribution in [0.3, 0.4) is 0 Å². The minimum absolute atomic E-state index is 0.139. The fourth-order valence-corrected chi connectivity index (χ4v) is 3.63. The topological polar surface area (TPSA) is 46.6 Å². The Hall–Kier alpha value is -0.900. The molecule has 0 bridgehead atoms. The Morgan fingerprint density at radius 2 is 1.90 bits per heavy atom. The molecule has 0 aromatic carbocycles. The van der Waals surface area contributed by atoms with Crippen molar-refractivity contribution >= 4 is 11.7 Å². The summed E-state index contributed by atoms with van der Waals surface area (Å²) in [4.78, 5) is 26.0. The van der Waals surface area contributed by atoms with Gasteiger partial charge in [-0.25, -0.2) is 0 Å². The molecule has 1 amide bonds. The van der Waals surface area contributed by atoms with E-state index in [1.807, 2.05) is 11.8 Å². The molecule has 1 saturated heterocycles. The molecular weight excluding hydrogens is 266 g/mol. The minimum atomic E-state index is 0.139. The second-order valence-electron chi connectivity index (χ2n) is 6.62. The van der Waals surface area contributed by atoms with Gasteiger partial charge in [-0.3, -0.25) is 9.59 Å². The second-order valence-corrected chi connectivity index (χ2v) is 6.62. The molecule has 1 atom stereocenters. The molecule has 0 aromatic rings. The van der Waals surface area contributed by atoms with Crippen molar-refractivity contribution in [2.45, 2.75) is 77.4 Å². The standard InChI is InChI=1S/C17H29NO3/c1-3-21-16-10-14(11-16)12-17(20)18-8-6-4-5-7-15(18)9-13(2)19/h14-16H,3-12H2,1-2H3. The number of likely N-dealkylation sites (tertiary alicyclic amines) is 1. The zero-order chi connectivity index (χ0) is 15.2. The number of rotatable bonds is 6. The lowest BCUT2D eigenvalue weighted by Gasteiger charge is -2.37. The monoisotopic (exact) mass is 295 g/mol. The number of carbonyl (C=O) groups is 2. The number of Topliss-reactive ketones (excluding diaryl/α,β-unsaturated/α-hetero) is 1. The summed E-state index contributed by atoms with van der Waals surface area (Å²) in [5.74, 6) is 0.929. The molecule has 0 spiro atoms. The normalized spacial score (nSPS) is 29.6. The van der Waals surface area contributed by atoms with Crippen LogP contribution in [0.15, 0.2) is 0 Å². The van der Waals surface area contributed by atoms with Gasteiger partial charge >= 0.3 is 0 Å². The molecule has 2 aliphatic rings. The first kappa shape index (κ1) is 16.5. The van der Waals surface area contributed by atoms with Crippen molar-refractivity contribution in [3.05, 3.63) is 0 Å². The van der Waals surface area contributed by atoms with Gasteiger partial charge in [0, 0.05) is 32.0 Å². The fraction of sp³-hybridized carbons (Fsp3) is 0.882. The molecule has 4 heteroatoms. The third-order valence-corrected chi connectivity index (χ3v) is 4.78. The third kappa shape index (κ3) is 4.80. The molecule has 4 nitrogen and oxygen atoms in total. The van der Waals surface area contributed by atoms with Gasteiger partial charge in [0.1, 0.15) is 5.78 Å². The highest BCUT2D eigenvalue weighted by molar-refractivity contribution is 5.80. The quantitative estimate of drug-likeness (QED) is 0.757. The molecule has 1 aliphatic carbocycles. The maximum Gasteiger partial charge on any atom is 0.223 e. The summed E-state index contributed by atoms with van der Waals surface area (Å²) in [5, 5.41) is 0. The summed E-state index contributed by atoms with van der Waals surface area (Å²) in [6.45, 7) is 5.24. The number of carbonyl (C=O) groups excluding carboxylic acids is 2. The molecular formula is C17H29NO3. The molecule has 2 fully saturated rings. The van der Waals surface area contributed by atoms with Crippen LogP contribution < -0.4 is 0 Å². The number of ketones is 1. The van der Waals surface area contributed by atoms with E-state index in [1.165, 1.54) is 6.42 Å². The largest absolute Gasteiger partial charge is 0.378 e. The second kappa shape index (κ2) is 7.92. The fourth-order valence-electron chi connectivity index (χ4n) is 3.63.